The lowest BCUT2D eigenvalue weighted by molar-refractivity contribution is 0.777. The van der Waals surface area contributed by atoms with Gasteiger partial charge in [0, 0.05) is 25.7 Å². The molecule has 1 aliphatic heterocycles. The molecule has 2 aromatic carbocycles. The molecule has 0 saturated heterocycles. The Morgan fingerprint density at radius 3 is 2.41 bits per heavy atom. The van der Waals surface area contributed by atoms with Gasteiger partial charge in [-0.25, -0.2) is 4.98 Å². The first-order chi connectivity index (χ1) is 14.2. The lowest BCUT2D eigenvalue weighted by atomic mass is 10.1. The summed E-state index contributed by atoms with van der Waals surface area (Å²) >= 11 is 11.6. The van der Waals surface area contributed by atoms with E-state index in [1.165, 1.54) is 16.7 Å². The van der Waals surface area contributed by atoms with E-state index < -0.39 is 0 Å². The highest BCUT2D eigenvalue weighted by atomic mass is 35.5. The molecule has 0 bridgehead atoms. The normalized spacial score (nSPS) is 12.5. The van der Waals surface area contributed by atoms with Gasteiger partial charge in [0.05, 0.1) is 0 Å². The van der Waals surface area contributed by atoms with E-state index in [0.717, 1.165) is 38.3 Å². The second-order valence-corrected chi connectivity index (χ2v) is 7.76. The number of fused-ring (bicyclic) bond motifs is 1. The average Bonchev–Trinajstić information content (AvgIpc) is 3.16. The molecule has 4 rings (SSSR count). The van der Waals surface area contributed by atoms with Gasteiger partial charge in [-0.3, -0.25) is 0 Å². The van der Waals surface area contributed by atoms with E-state index >= 15 is 0 Å². The zero-order chi connectivity index (χ0) is 20.1. The fourth-order valence-electron chi connectivity index (χ4n) is 3.40. The summed E-state index contributed by atoms with van der Waals surface area (Å²) in [5, 5.41) is 7.15. The van der Waals surface area contributed by atoms with Crippen LogP contribution in [0.1, 0.15) is 23.1 Å². The summed E-state index contributed by atoms with van der Waals surface area (Å²) in [5.74, 6) is 1.19. The van der Waals surface area contributed by atoms with Crippen LogP contribution in [0.3, 0.4) is 0 Å². The maximum Gasteiger partial charge on any atom is 0.232 e. The number of halogens is 1. The summed E-state index contributed by atoms with van der Waals surface area (Å²) in [4.78, 5) is 11.0. The maximum atomic E-state index is 6.24. The molecule has 0 spiro atoms. The van der Waals surface area contributed by atoms with Gasteiger partial charge in [0.1, 0.15) is 11.0 Å². The third-order valence-electron chi connectivity index (χ3n) is 4.84. The van der Waals surface area contributed by atoms with Crippen molar-refractivity contribution in [2.24, 2.45) is 0 Å². The van der Waals surface area contributed by atoms with Crippen LogP contribution in [0, 0.1) is 0 Å². The topological polar surface area (TPSA) is 53.1 Å². The van der Waals surface area contributed by atoms with Crippen LogP contribution in [-0.4, -0.2) is 21.6 Å². The number of rotatable bonds is 6. The number of thiocarbonyl (C=S) groups is 1. The molecule has 0 atom stereocenters. The summed E-state index contributed by atoms with van der Waals surface area (Å²) in [6.07, 6.45) is 1.99. The van der Waals surface area contributed by atoms with E-state index in [-0.39, 0.29) is 0 Å². The number of anilines is 2. The first-order valence-corrected chi connectivity index (χ1v) is 10.4. The second kappa shape index (κ2) is 9.20. The minimum absolute atomic E-state index is 0.389. The van der Waals surface area contributed by atoms with Gasteiger partial charge in [-0.05, 0) is 41.7 Å². The lowest BCUT2D eigenvalue weighted by Gasteiger charge is -2.18. The molecule has 5 nitrogen and oxygen atoms in total. The molecule has 2 N–H and O–H groups in total. The number of hydrogen-bond donors (Lipinski definition) is 2. The van der Waals surface area contributed by atoms with Crippen LogP contribution in [0.5, 0.6) is 0 Å². The van der Waals surface area contributed by atoms with Crippen molar-refractivity contribution in [3.05, 3.63) is 82.5 Å². The first kappa shape index (κ1) is 19.6. The van der Waals surface area contributed by atoms with Crippen molar-refractivity contribution in [2.45, 2.75) is 25.9 Å². The SMILES string of the molecule is S=C(NCCCc1ccccc1)Nc1nc(Cl)cc(N2Cc3ccccc3C2)n1. The zero-order valence-electron chi connectivity index (χ0n) is 15.9. The molecule has 148 valence electrons. The van der Waals surface area contributed by atoms with E-state index in [2.05, 4.69) is 74.0 Å². The minimum atomic E-state index is 0.389. The van der Waals surface area contributed by atoms with Gasteiger partial charge in [0.2, 0.25) is 5.95 Å². The Balaban J connectivity index is 1.31. The maximum absolute atomic E-state index is 6.24. The van der Waals surface area contributed by atoms with E-state index in [4.69, 9.17) is 23.8 Å². The number of nitrogens with one attached hydrogen (secondary N) is 2. The van der Waals surface area contributed by atoms with Crippen molar-refractivity contribution in [3.8, 4) is 0 Å². The molecule has 0 radical (unpaired) electrons. The molecule has 0 saturated carbocycles. The predicted octanol–water partition coefficient (Wildman–Crippen LogP) is 4.57. The average molecular weight is 424 g/mol. The van der Waals surface area contributed by atoms with Crippen molar-refractivity contribution in [1.29, 1.82) is 0 Å². The fraction of sp³-hybridized carbons (Fsp3) is 0.227. The molecule has 0 unspecified atom stereocenters. The molecule has 3 aromatic rings. The van der Waals surface area contributed by atoms with Gasteiger partial charge in [0.25, 0.3) is 0 Å². The zero-order valence-corrected chi connectivity index (χ0v) is 17.5. The fourth-order valence-corrected chi connectivity index (χ4v) is 3.77. The Morgan fingerprint density at radius 1 is 1.00 bits per heavy atom. The largest absolute Gasteiger partial charge is 0.362 e. The predicted molar refractivity (Wildman–Crippen MR) is 122 cm³/mol. The van der Waals surface area contributed by atoms with Gasteiger partial charge in [-0.2, -0.15) is 4.98 Å². The highest BCUT2D eigenvalue weighted by molar-refractivity contribution is 7.80. The van der Waals surface area contributed by atoms with Gasteiger partial charge in [0.15, 0.2) is 5.11 Å². The van der Waals surface area contributed by atoms with Crippen LogP contribution < -0.4 is 15.5 Å². The summed E-state index contributed by atoms with van der Waals surface area (Å²) in [5.41, 5.74) is 3.95. The number of hydrogen-bond acceptors (Lipinski definition) is 4. The van der Waals surface area contributed by atoms with Crippen molar-refractivity contribution in [1.82, 2.24) is 15.3 Å². The van der Waals surface area contributed by atoms with Crippen LogP contribution in [0.25, 0.3) is 0 Å². The molecule has 2 heterocycles. The van der Waals surface area contributed by atoms with Crippen molar-refractivity contribution < 1.29 is 0 Å². The van der Waals surface area contributed by atoms with Crippen molar-refractivity contribution >= 4 is 40.7 Å². The first-order valence-electron chi connectivity index (χ1n) is 9.62. The van der Waals surface area contributed by atoms with Gasteiger partial charge in [-0.15, -0.1) is 0 Å². The van der Waals surface area contributed by atoms with E-state index in [1.807, 2.05) is 6.07 Å². The Kier molecular flexibility index (Phi) is 6.22. The molecule has 1 aromatic heterocycles. The van der Waals surface area contributed by atoms with Crippen molar-refractivity contribution in [3.63, 3.8) is 0 Å². The van der Waals surface area contributed by atoms with E-state index in [1.54, 1.807) is 6.07 Å². The smallest absolute Gasteiger partial charge is 0.232 e. The van der Waals surface area contributed by atoms with Crippen LogP contribution in [-0.2, 0) is 19.5 Å². The van der Waals surface area contributed by atoms with Crippen LogP contribution >= 0.6 is 23.8 Å². The van der Waals surface area contributed by atoms with Crippen LogP contribution in [0.4, 0.5) is 11.8 Å². The second-order valence-electron chi connectivity index (χ2n) is 6.97. The quantitative estimate of drug-likeness (QED) is 0.344. The number of benzene rings is 2. The molecule has 29 heavy (non-hydrogen) atoms. The number of aryl methyl sites for hydroxylation is 1. The summed E-state index contributed by atoms with van der Waals surface area (Å²) in [6, 6.07) is 20.6. The van der Waals surface area contributed by atoms with Gasteiger partial charge in [-0.1, -0.05) is 66.2 Å². The summed E-state index contributed by atoms with van der Waals surface area (Å²) in [6.45, 7) is 2.39. The molecule has 1 aliphatic rings. The third-order valence-corrected chi connectivity index (χ3v) is 5.28. The van der Waals surface area contributed by atoms with E-state index in [0.29, 0.717) is 16.2 Å². The third kappa shape index (κ3) is 5.22. The molecular formula is C22H22ClN5S. The molecule has 0 amide bonds. The van der Waals surface area contributed by atoms with Crippen LogP contribution in [0.2, 0.25) is 5.15 Å². The van der Waals surface area contributed by atoms with Crippen LogP contribution in [0.15, 0.2) is 60.7 Å². The van der Waals surface area contributed by atoms with E-state index in [9.17, 15) is 0 Å². The van der Waals surface area contributed by atoms with Gasteiger partial charge >= 0.3 is 0 Å². The Labute approximate surface area is 181 Å². The minimum Gasteiger partial charge on any atom is -0.362 e. The Bertz CT molecular complexity index is 971. The van der Waals surface area contributed by atoms with Gasteiger partial charge < -0.3 is 15.5 Å². The molecule has 0 fully saturated rings. The molecule has 0 aliphatic carbocycles. The number of aromatic nitrogens is 2. The monoisotopic (exact) mass is 423 g/mol. The molecular weight excluding hydrogens is 402 g/mol. The highest BCUT2D eigenvalue weighted by Gasteiger charge is 2.20. The van der Waals surface area contributed by atoms with Crippen molar-refractivity contribution in [2.75, 3.05) is 16.8 Å². The summed E-state index contributed by atoms with van der Waals surface area (Å²) < 4.78 is 0. The standard InChI is InChI=1S/C22H22ClN5S/c23-19-13-20(28-14-17-10-4-5-11-18(17)15-28)26-21(25-19)27-22(29)24-12-6-9-16-7-2-1-3-8-16/h1-5,7-8,10-11,13H,6,9,12,14-15H2,(H2,24,25,26,27,29). The summed E-state index contributed by atoms with van der Waals surface area (Å²) in [7, 11) is 0. The Hall–Kier alpha value is -2.70. The number of nitrogens with zero attached hydrogens (tertiary/aromatic N) is 3. The highest BCUT2D eigenvalue weighted by Crippen LogP contribution is 2.28. The lowest BCUT2D eigenvalue weighted by Crippen LogP contribution is -2.30. The molecule has 7 heteroatoms. The Morgan fingerprint density at radius 2 is 1.69 bits per heavy atom.